The molecule has 0 aliphatic carbocycles. The summed E-state index contributed by atoms with van der Waals surface area (Å²) in [6.45, 7) is 0.347. The largest absolute Gasteiger partial charge is 0.465 e. The number of pyridine rings is 1. The van der Waals surface area contributed by atoms with Gasteiger partial charge in [0.1, 0.15) is 5.65 Å². The second kappa shape index (κ2) is 8.48. The number of nitrogens with one attached hydrogen (secondary N) is 2. The van der Waals surface area contributed by atoms with Crippen molar-refractivity contribution < 1.29 is 14.7 Å². The van der Waals surface area contributed by atoms with Gasteiger partial charge in [0.15, 0.2) is 0 Å². The first kappa shape index (κ1) is 19.2. The van der Waals surface area contributed by atoms with Crippen molar-refractivity contribution in [3.63, 3.8) is 0 Å². The van der Waals surface area contributed by atoms with Crippen LogP contribution in [0.2, 0.25) is 0 Å². The van der Waals surface area contributed by atoms with E-state index in [1.807, 2.05) is 53.2 Å². The Labute approximate surface area is 173 Å². The number of amides is 2. The van der Waals surface area contributed by atoms with Gasteiger partial charge in [0.05, 0.1) is 0 Å². The quantitative estimate of drug-likeness (QED) is 0.454. The molecule has 150 valence electrons. The number of carbonyl (C=O) groups excluding carboxylic acids is 1. The van der Waals surface area contributed by atoms with Crippen LogP contribution in [0.15, 0.2) is 79.1 Å². The van der Waals surface area contributed by atoms with Crippen LogP contribution in [0.25, 0.3) is 16.7 Å². The average molecular weight is 400 g/mol. The molecule has 30 heavy (non-hydrogen) atoms. The molecule has 0 saturated heterocycles. The van der Waals surface area contributed by atoms with E-state index in [-0.39, 0.29) is 5.91 Å². The van der Waals surface area contributed by atoms with E-state index in [0.717, 1.165) is 22.3 Å². The molecule has 7 nitrogen and oxygen atoms in total. The van der Waals surface area contributed by atoms with Crippen LogP contribution in [0, 0.1) is 0 Å². The van der Waals surface area contributed by atoms with Crippen molar-refractivity contribution in [2.75, 3.05) is 11.9 Å². The van der Waals surface area contributed by atoms with Crippen LogP contribution in [0.4, 0.5) is 10.5 Å². The molecule has 0 saturated carbocycles. The molecule has 0 unspecified atom stereocenters. The molecule has 4 aromatic rings. The summed E-state index contributed by atoms with van der Waals surface area (Å²) in [6.07, 6.45) is 3.27. The summed E-state index contributed by atoms with van der Waals surface area (Å²) in [5, 5.41) is 14.9. The first-order chi connectivity index (χ1) is 14.6. The molecule has 0 aliphatic heterocycles. The van der Waals surface area contributed by atoms with Crippen LogP contribution >= 0.6 is 0 Å². The summed E-state index contributed by atoms with van der Waals surface area (Å²) in [4.78, 5) is 27.4. The summed E-state index contributed by atoms with van der Waals surface area (Å²) < 4.78 is 1.98. The van der Waals surface area contributed by atoms with Gasteiger partial charge in [-0.2, -0.15) is 0 Å². The second-order valence-corrected chi connectivity index (χ2v) is 6.78. The van der Waals surface area contributed by atoms with Gasteiger partial charge in [-0.15, -0.1) is 0 Å². The summed E-state index contributed by atoms with van der Waals surface area (Å²) >= 11 is 0. The summed E-state index contributed by atoms with van der Waals surface area (Å²) in [5.41, 5.74) is 4.02. The minimum atomic E-state index is -1.04. The monoisotopic (exact) mass is 400 g/mol. The van der Waals surface area contributed by atoms with Crippen molar-refractivity contribution in [2.45, 2.75) is 6.42 Å². The van der Waals surface area contributed by atoms with Gasteiger partial charge >= 0.3 is 6.09 Å². The van der Waals surface area contributed by atoms with Gasteiger partial charge in [-0.05, 0) is 66.6 Å². The maximum Gasteiger partial charge on any atom is 0.404 e. The SMILES string of the molecule is O=C(O)NCCc1ccc(NC(=O)c2ccc(-n3ccc4cccnc43)cc2)cc1. The van der Waals surface area contributed by atoms with Crippen molar-refractivity contribution in [1.82, 2.24) is 14.9 Å². The van der Waals surface area contributed by atoms with E-state index in [1.54, 1.807) is 30.5 Å². The van der Waals surface area contributed by atoms with E-state index in [1.165, 1.54) is 0 Å². The lowest BCUT2D eigenvalue weighted by Gasteiger charge is -2.09. The zero-order valence-corrected chi connectivity index (χ0v) is 16.1. The van der Waals surface area contributed by atoms with Crippen molar-refractivity contribution in [3.8, 4) is 5.69 Å². The van der Waals surface area contributed by atoms with E-state index in [4.69, 9.17) is 5.11 Å². The topological polar surface area (TPSA) is 96.3 Å². The van der Waals surface area contributed by atoms with Crippen LogP contribution < -0.4 is 10.6 Å². The zero-order valence-electron chi connectivity index (χ0n) is 16.1. The fourth-order valence-electron chi connectivity index (χ4n) is 3.22. The average Bonchev–Trinajstić information content (AvgIpc) is 3.19. The van der Waals surface area contributed by atoms with Crippen LogP contribution in [0.5, 0.6) is 0 Å². The third-order valence-electron chi connectivity index (χ3n) is 4.76. The smallest absolute Gasteiger partial charge is 0.404 e. The zero-order chi connectivity index (χ0) is 20.9. The van der Waals surface area contributed by atoms with Crippen molar-refractivity contribution in [1.29, 1.82) is 0 Å². The Hall–Kier alpha value is -4.13. The number of hydrogen-bond acceptors (Lipinski definition) is 3. The summed E-state index contributed by atoms with van der Waals surface area (Å²) in [6, 6.07) is 20.6. The van der Waals surface area contributed by atoms with Crippen LogP contribution in [0.3, 0.4) is 0 Å². The summed E-state index contributed by atoms with van der Waals surface area (Å²) in [7, 11) is 0. The molecule has 0 aliphatic rings. The first-order valence-electron chi connectivity index (χ1n) is 9.50. The molecule has 2 amide bonds. The molecule has 0 atom stereocenters. The number of nitrogens with zero attached hydrogens (tertiary/aromatic N) is 2. The molecular formula is C23H20N4O3. The van der Waals surface area contributed by atoms with Crippen molar-refractivity contribution in [2.24, 2.45) is 0 Å². The number of benzene rings is 2. The number of aromatic nitrogens is 2. The number of fused-ring (bicyclic) bond motifs is 1. The highest BCUT2D eigenvalue weighted by atomic mass is 16.4. The van der Waals surface area contributed by atoms with Gasteiger partial charge in [-0.3, -0.25) is 4.79 Å². The van der Waals surface area contributed by atoms with Gasteiger partial charge in [0.25, 0.3) is 5.91 Å². The lowest BCUT2D eigenvalue weighted by Crippen LogP contribution is -2.23. The van der Waals surface area contributed by atoms with Crippen LogP contribution in [-0.4, -0.2) is 33.2 Å². The highest BCUT2D eigenvalue weighted by Crippen LogP contribution is 2.19. The fraction of sp³-hybridized carbons (Fsp3) is 0.0870. The minimum absolute atomic E-state index is 0.197. The highest BCUT2D eigenvalue weighted by Gasteiger charge is 2.08. The van der Waals surface area contributed by atoms with E-state index in [0.29, 0.717) is 24.2 Å². The van der Waals surface area contributed by atoms with Gasteiger partial charge in [-0.1, -0.05) is 12.1 Å². The number of carboxylic acid groups (broad SMARTS) is 1. The Morgan fingerprint density at radius 3 is 2.47 bits per heavy atom. The van der Waals surface area contributed by atoms with Crippen LogP contribution in [-0.2, 0) is 6.42 Å². The molecule has 0 radical (unpaired) electrons. The second-order valence-electron chi connectivity index (χ2n) is 6.78. The third kappa shape index (κ3) is 4.30. The van der Waals surface area contributed by atoms with E-state index in [2.05, 4.69) is 15.6 Å². The molecule has 7 heteroatoms. The number of hydrogen-bond donors (Lipinski definition) is 3. The van der Waals surface area contributed by atoms with Crippen molar-refractivity contribution in [3.05, 3.63) is 90.3 Å². The summed E-state index contributed by atoms with van der Waals surface area (Å²) in [5.74, 6) is -0.197. The molecular weight excluding hydrogens is 380 g/mol. The van der Waals surface area contributed by atoms with E-state index in [9.17, 15) is 9.59 Å². The molecule has 4 rings (SSSR count). The molecule has 3 N–H and O–H groups in total. The van der Waals surface area contributed by atoms with Gasteiger partial charge < -0.3 is 20.3 Å². The third-order valence-corrected chi connectivity index (χ3v) is 4.76. The predicted octanol–water partition coefficient (Wildman–Crippen LogP) is 4.09. The Bertz CT molecular complexity index is 1180. The Kier molecular flexibility index (Phi) is 5.43. The maximum absolute atomic E-state index is 12.6. The molecule has 0 bridgehead atoms. The Balaban J connectivity index is 1.41. The van der Waals surface area contributed by atoms with E-state index >= 15 is 0 Å². The van der Waals surface area contributed by atoms with Crippen LogP contribution in [0.1, 0.15) is 15.9 Å². The lowest BCUT2D eigenvalue weighted by atomic mass is 10.1. The number of rotatable bonds is 6. The molecule has 2 aromatic heterocycles. The fourth-order valence-corrected chi connectivity index (χ4v) is 3.22. The molecule has 2 heterocycles. The number of anilines is 1. The number of carbonyl (C=O) groups is 2. The maximum atomic E-state index is 12.6. The Morgan fingerprint density at radius 1 is 0.967 bits per heavy atom. The van der Waals surface area contributed by atoms with Gasteiger partial charge in [0, 0.05) is 41.3 Å². The lowest BCUT2D eigenvalue weighted by molar-refractivity contribution is 0.102. The highest BCUT2D eigenvalue weighted by molar-refractivity contribution is 6.04. The first-order valence-corrected chi connectivity index (χ1v) is 9.50. The molecule has 2 aromatic carbocycles. The Morgan fingerprint density at radius 2 is 1.73 bits per heavy atom. The van der Waals surface area contributed by atoms with Gasteiger partial charge in [0.2, 0.25) is 0 Å². The van der Waals surface area contributed by atoms with Gasteiger partial charge in [-0.25, -0.2) is 9.78 Å². The molecule has 0 spiro atoms. The van der Waals surface area contributed by atoms with E-state index < -0.39 is 6.09 Å². The standard InChI is InChI=1S/C23H20N4O3/c28-22(26-19-7-3-16(4-8-19)11-14-25-23(29)30)18-5-9-20(10-6-18)27-15-12-17-2-1-13-24-21(17)27/h1-10,12-13,15,25H,11,14H2,(H,26,28)(H,29,30). The molecule has 0 fully saturated rings. The normalized spacial score (nSPS) is 10.7. The minimum Gasteiger partial charge on any atom is -0.465 e. The predicted molar refractivity (Wildman–Crippen MR) is 115 cm³/mol. The van der Waals surface area contributed by atoms with Crippen molar-refractivity contribution >= 4 is 28.7 Å².